The van der Waals surface area contributed by atoms with Crippen LogP contribution in [0.15, 0.2) is 18.2 Å². The smallest absolute Gasteiger partial charge is 0.173 e. The van der Waals surface area contributed by atoms with Crippen LogP contribution >= 0.6 is 0 Å². The highest BCUT2D eigenvalue weighted by Crippen LogP contribution is 2.41. The second-order valence-corrected chi connectivity index (χ2v) is 6.86. The van der Waals surface area contributed by atoms with Crippen LogP contribution in [0.5, 0.6) is 0 Å². The van der Waals surface area contributed by atoms with Crippen molar-refractivity contribution in [2.24, 2.45) is 11.3 Å². The average molecular weight is 300 g/mol. The Morgan fingerprint density at radius 1 is 1.23 bits per heavy atom. The van der Waals surface area contributed by atoms with Crippen LogP contribution in [0.3, 0.4) is 0 Å². The molecule has 5 rings (SSSR count). The SMILES string of the molecule is CCC1(CC2C(=O)c3ccc(c(CC4CO4)c3)C2=O)COC1. The molecule has 4 heteroatoms. The average Bonchev–Trinajstić information content (AvgIpc) is 3.30. The summed E-state index contributed by atoms with van der Waals surface area (Å²) in [5.74, 6) is -0.583. The highest BCUT2D eigenvalue weighted by atomic mass is 16.6. The first-order valence-corrected chi connectivity index (χ1v) is 8.02. The van der Waals surface area contributed by atoms with Crippen molar-refractivity contribution >= 4 is 11.6 Å². The monoisotopic (exact) mass is 300 g/mol. The normalized spacial score (nSPS) is 28.4. The van der Waals surface area contributed by atoms with E-state index in [1.807, 2.05) is 12.1 Å². The standard InChI is InChI=1S/C18H20O4/c1-2-18(9-21-10-18)7-15-16(19)11-3-4-14(17(15)20)12(5-11)6-13-8-22-13/h3-5,13,15H,2,6-10H2,1H3. The first-order valence-electron chi connectivity index (χ1n) is 8.02. The van der Waals surface area contributed by atoms with Gasteiger partial charge in [-0.15, -0.1) is 0 Å². The van der Waals surface area contributed by atoms with Crippen LogP contribution in [0.4, 0.5) is 0 Å². The molecule has 2 unspecified atom stereocenters. The number of benzene rings is 1. The minimum Gasteiger partial charge on any atom is -0.380 e. The molecule has 2 heterocycles. The van der Waals surface area contributed by atoms with Gasteiger partial charge in [-0.3, -0.25) is 9.59 Å². The zero-order chi connectivity index (χ0) is 15.3. The second kappa shape index (κ2) is 5.00. The van der Waals surface area contributed by atoms with Gasteiger partial charge in [-0.2, -0.15) is 0 Å². The maximum absolute atomic E-state index is 12.9. The third-order valence-electron chi connectivity index (χ3n) is 5.34. The molecule has 4 nitrogen and oxygen atoms in total. The Labute approximate surface area is 129 Å². The third kappa shape index (κ3) is 2.22. The number of carbonyl (C=O) groups excluding carboxylic acids is 2. The predicted molar refractivity (Wildman–Crippen MR) is 80.2 cm³/mol. The Kier molecular flexibility index (Phi) is 3.20. The molecule has 0 N–H and O–H groups in total. The van der Waals surface area contributed by atoms with Crippen molar-refractivity contribution < 1.29 is 19.1 Å². The Hall–Kier alpha value is -1.52. The molecule has 2 fully saturated rings. The summed E-state index contributed by atoms with van der Waals surface area (Å²) in [6, 6.07) is 5.51. The number of hydrogen-bond acceptors (Lipinski definition) is 4. The largest absolute Gasteiger partial charge is 0.380 e. The molecule has 0 radical (unpaired) electrons. The van der Waals surface area contributed by atoms with Gasteiger partial charge in [0.05, 0.1) is 31.8 Å². The fourth-order valence-electron chi connectivity index (χ4n) is 3.57. The van der Waals surface area contributed by atoms with E-state index in [0.29, 0.717) is 30.8 Å². The van der Waals surface area contributed by atoms with Gasteiger partial charge in [-0.25, -0.2) is 0 Å². The summed E-state index contributed by atoms with van der Waals surface area (Å²) in [4.78, 5) is 25.7. The van der Waals surface area contributed by atoms with Gasteiger partial charge in [0.25, 0.3) is 0 Å². The van der Waals surface area contributed by atoms with E-state index in [1.165, 1.54) is 0 Å². The Bertz CT molecular complexity index is 635. The van der Waals surface area contributed by atoms with Crippen molar-refractivity contribution in [2.45, 2.75) is 32.3 Å². The highest BCUT2D eigenvalue weighted by Gasteiger charge is 2.44. The number of rotatable bonds is 5. The van der Waals surface area contributed by atoms with Crippen LogP contribution in [0, 0.1) is 11.3 Å². The minimum atomic E-state index is -0.544. The molecular weight excluding hydrogens is 280 g/mol. The maximum atomic E-state index is 12.9. The lowest BCUT2D eigenvalue weighted by Crippen LogP contribution is -2.45. The summed E-state index contributed by atoms with van der Waals surface area (Å²) < 4.78 is 10.6. The summed E-state index contributed by atoms with van der Waals surface area (Å²) in [5, 5.41) is 0. The molecule has 116 valence electrons. The lowest BCUT2D eigenvalue weighted by molar-refractivity contribution is -0.122. The fourth-order valence-corrected chi connectivity index (χ4v) is 3.57. The summed E-state index contributed by atoms with van der Waals surface area (Å²) in [7, 11) is 0. The van der Waals surface area contributed by atoms with E-state index < -0.39 is 5.92 Å². The summed E-state index contributed by atoms with van der Waals surface area (Å²) in [6.45, 7) is 4.19. The van der Waals surface area contributed by atoms with Gasteiger partial charge >= 0.3 is 0 Å². The van der Waals surface area contributed by atoms with Gasteiger partial charge in [0.15, 0.2) is 11.6 Å². The molecule has 4 aliphatic rings. The molecular formula is C18H20O4. The van der Waals surface area contributed by atoms with Gasteiger partial charge in [0, 0.05) is 23.0 Å². The predicted octanol–water partition coefficient (Wildman–Crippen LogP) is 2.44. The van der Waals surface area contributed by atoms with Crippen LogP contribution in [0.25, 0.3) is 0 Å². The quantitative estimate of drug-likeness (QED) is 0.619. The number of hydrogen-bond donors (Lipinski definition) is 0. The summed E-state index contributed by atoms with van der Waals surface area (Å²) in [6.07, 6.45) is 2.50. The van der Waals surface area contributed by atoms with Crippen LogP contribution in [-0.4, -0.2) is 37.5 Å². The number of epoxide rings is 1. The fraction of sp³-hybridized carbons (Fsp3) is 0.556. The van der Waals surface area contributed by atoms with Gasteiger partial charge < -0.3 is 9.47 Å². The van der Waals surface area contributed by atoms with E-state index in [1.54, 1.807) is 6.07 Å². The summed E-state index contributed by atoms with van der Waals surface area (Å²) >= 11 is 0. The molecule has 2 aliphatic heterocycles. The molecule has 0 spiro atoms. The van der Waals surface area contributed by atoms with E-state index in [0.717, 1.165) is 25.0 Å². The van der Waals surface area contributed by atoms with Gasteiger partial charge in [-0.05, 0) is 24.5 Å². The topological polar surface area (TPSA) is 55.9 Å². The van der Waals surface area contributed by atoms with Gasteiger partial charge in [-0.1, -0.05) is 19.1 Å². The van der Waals surface area contributed by atoms with Gasteiger partial charge in [0.1, 0.15) is 0 Å². The lowest BCUT2D eigenvalue weighted by atomic mass is 9.72. The molecule has 2 bridgehead atoms. The number of ketones is 2. The minimum absolute atomic E-state index is 0.000648. The number of fused-ring (bicyclic) bond motifs is 4. The van der Waals surface area contributed by atoms with Gasteiger partial charge in [0.2, 0.25) is 0 Å². The first-order chi connectivity index (χ1) is 10.6. The maximum Gasteiger partial charge on any atom is 0.173 e. The van der Waals surface area contributed by atoms with E-state index in [4.69, 9.17) is 9.47 Å². The number of Topliss-reactive ketones (excluding diaryl/α,β-unsaturated/α-hetero) is 2. The van der Waals surface area contributed by atoms with Crippen LogP contribution < -0.4 is 0 Å². The molecule has 0 saturated carbocycles. The molecule has 1 aromatic rings. The van der Waals surface area contributed by atoms with Crippen molar-refractivity contribution in [1.82, 2.24) is 0 Å². The van der Waals surface area contributed by atoms with E-state index in [-0.39, 0.29) is 23.1 Å². The molecule has 2 saturated heterocycles. The van der Waals surface area contributed by atoms with Crippen molar-refractivity contribution in [3.05, 3.63) is 34.9 Å². The molecule has 0 amide bonds. The van der Waals surface area contributed by atoms with E-state index in [2.05, 4.69) is 6.92 Å². The van der Waals surface area contributed by atoms with Crippen LogP contribution in [-0.2, 0) is 15.9 Å². The molecule has 1 aromatic carbocycles. The Morgan fingerprint density at radius 3 is 2.59 bits per heavy atom. The zero-order valence-electron chi connectivity index (χ0n) is 12.8. The molecule has 2 atom stereocenters. The highest BCUT2D eigenvalue weighted by molar-refractivity contribution is 6.19. The molecule has 0 aromatic heterocycles. The second-order valence-electron chi connectivity index (χ2n) is 6.86. The van der Waals surface area contributed by atoms with Crippen molar-refractivity contribution in [2.75, 3.05) is 19.8 Å². The molecule has 2 aliphatic carbocycles. The number of ether oxygens (including phenoxy) is 2. The van der Waals surface area contributed by atoms with Crippen molar-refractivity contribution in [1.29, 1.82) is 0 Å². The Balaban J connectivity index is 1.65. The number of carbonyl (C=O) groups is 2. The van der Waals surface area contributed by atoms with E-state index >= 15 is 0 Å². The van der Waals surface area contributed by atoms with Crippen LogP contribution in [0.2, 0.25) is 0 Å². The summed E-state index contributed by atoms with van der Waals surface area (Å²) in [5.41, 5.74) is 2.35. The third-order valence-corrected chi connectivity index (χ3v) is 5.34. The van der Waals surface area contributed by atoms with Crippen molar-refractivity contribution in [3.63, 3.8) is 0 Å². The van der Waals surface area contributed by atoms with Crippen LogP contribution in [0.1, 0.15) is 46.0 Å². The van der Waals surface area contributed by atoms with E-state index in [9.17, 15) is 9.59 Å². The Morgan fingerprint density at radius 2 is 2.00 bits per heavy atom. The molecule has 22 heavy (non-hydrogen) atoms. The lowest BCUT2D eigenvalue weighted by Gasteiger charge is -2.42. The zero-order valence-corrected chi connectivity index (χ0v) is 12.8. The first kappa shape index (κ1) is 14.1. The van der Waals surface area contributed by atoms with Crippen molar-refractivity contribution in [3.8, 4) is 0 Å².